The van der Waals surface area contributed by atoms with Gasteiger partial charge in [0.1, 0.15) is 0 Å². The van der Waals surface area contributed by atoms with E-state index in [0.717, 1.165) is 6.42 Å². The molecule has 0 saturated heterocycles. The van der Waals surface area contributed by atoms with E-state index >= 15 is 0 Å². The Hall–Kier alpha value is 0.0200. The van der Waals surface area contributed by atoms with E-state index in [-0.39, 0.29) is 0 Å². The van der Waals surface area contributed by atoms with Crippen molar-refractivity contribution in [3.63, 3.8) is 0 Å². The van der Waals surface area contributed by atoms with Gasteiger partial charge in [0.2, 0.25) is 0 Å². The summed E-state index contributed by atoms with van der Waals surface area (Å²) in [5.41, 5.74) is 1.17. The fourth-order valence-corrected chi connectivity index (χ4v) is 0.881. The molecule has 0 spiro atoms. The predicted molar refractivity (Wildman–Crippen MR) is 45.8 cm³/mol. The molecule has 2 heteroatoms. The predicted octanol–water partition coefficient (Wildman–Crippen LogP) is 2.24. The number of hydrogen-bond donors (Lipinski definition) is 0. The summed E-state index contributed by atoms with van der Waals surface area (Å²) in [7, 11) is 4.02. The molecule has 0 fully saturated rings. The molecule has 0 rings (SSSR count). The van der Waals surface area contributed by atoms with Crippen LogP contribution in [0.4, 0.5) is 0 Å². The first kappa shape index (κ1) is 9.02. The number of halogens is 1. The van der Waals surface area contributed by atoms with Crippen LogP contribution in [0.3, 0.4) is 0 Å². The third-order valence-electron chi connectivity index (χ3n) is 1.15. The number of allylic oxidation sites excluding steroid dienone is 1. The Balaban J connectivity index is 3.51. The molecule has 0 aliphatic heterocycles. The summed E-state index contributed by atoms with van der Waals surface area (Å²) in [6.07, 6.45) is 1.02. The van der Waals surface area contributed by atoms with E-state index in [1.54, 1.807) is 0 Å². The lowest BCUT2D eigenvalue weighted by molar-refractivity contribution is 0.490. The number of rotatable bonds is 3. The van der Waals surface area contributed by atoms with E-state index in [0.29, 0.717) is 4.83 Å². The van der Waals surface area contributed by atoms with E-state index in [9.17, 15) is 0 Å². The summed E-state index contributed by atoms with van der Waals surface area (Å²) in [6, 6.07) is 0. The maximum absolute atomic E-state index is 3.89. The van der Waals surface area contributed by atoms with Gasteiger partial charge in [0.05, 0.1) is 0 Å². The van der Waals surface area contributed by atoms with Crippen molar-refractivity contribution in [3.8, 4) is 0 Å². The Morgan fingerprint density at radius 3 is 2.22 bits per heavy atom. The summed E-state index contributed by atoms with van der Waals surface area (Å²) >= 11 is 3.46. The highest BCUT2D eigenvalue weighted by Crippen LogP contribution is 2.11. The highest BCUT2D eigenvalue weighted by Gasteiger charge is 1.99. The Labute approximate surface area is 65.9 Å². The molecule has 0 heterocycles. The molecule has 0 saturated carbocycles. The molecule has 0 bridgehead atoms. The van der Waals surface area contributed by atoms with Crippen LogP contribution < -0.4 is 0 Å². The van der Waals surface area contributed by atoms with Gasteiger partial charge in [-0.25, -0.2) is 0 Å². The van der Waals surface area contributed by atoms with Crippen LogP contribution in [0.15, 0.2) is 12.3 Å². The molecule has 0 amide bonds. The average molecular weight is 192 g/mol. The van der Waals surface area contributed by atoms with Gasteiger partial charge in [0, 0.05) is 24.6 Å². The highest BCUT2D eigenvalue weighted by atomic mass is 79.9. The zero-order chi connectivity index (χ0) is 7.44. The quantitative estimate of drug-likeness (QED) is 0.620. The van der Waals surface area contributed by atoms with Gasteiger partial charge in [-0.1, -0.05) is 29.4 Å². The zero-order valence-electron chi connectivity index (χ0n) is 6.32. The van der Waals surface area contributed by atoms with Crippen molar-refractivity contribution < 1.29 is 0 Å². The molecule has 0 aromatic rings. The van der Waals surface area contributed by atoms with Gasteiger partial charge in [0.25, 0.3) is 0 Å². The lowest BCUT2D eigenvalue weighted by atomic mass is 10.3. The summed E-state index contributed by atoms with van der Waals surface area (Å²) < 4.78 is 0. The van der Waals surface area contributed by atoms with E-state index in [1.807, 2.05) is 19.0 Å². The van der Waals surface area contributed by atoms with Crippen LogP contribution in [0, 0.1) is 0 Å². The van der Waals surface area contributed by atoms with Crippen molar-refractivity contribution in [1.29, 1.82) is 0 Å². The molecule has 0 N–H and O–H groups in total. The van der Waals surface area contributed by atoms with Gasteiger partial charge >= 0.3 is 0 Å². The smallest absolute Gasteiger partial charge is 0.0171 e. The lowest BCUT2D eigenvalue weighted by Gasteiger charge is -2.16. The summed E-state index contributed by atoms with van der Waals surface area (Å²) in [5, 5.41) is 0. The minimum Gasteiger partial charge on any atom is -0.381 e. The van der Waals surface area contributed by atoms with Crippen molar-refractivity contribution in [3.05, 3.63) is 12.3 Å². The lowest BCUT2D eigenvalue weighted by Crippen LogP contribution is -2.12. The van der Waals surface area contributed by atoms with Gasteiger partial charge in [0.15, 0.2) is 0 Å². The van der Waals surface area contributed by atoms with Crippen LogP contribution in [0.2, 0.25) is 0 Å². The fourth-order valence-electron chi connectivity index (χ4n) is 0.507. The first-order valence-electron chi connectivity index (χ1n) is 3.03. The summed E-state index contributed by atoms with van der Waals surface area (Å²) in [4.78, 5) is 2.57. The van der Waals surface area contributed by atoms with Crippen molar-refractivity contribution in [1.82, 2.24) is 4.90 Å². The van der Waals surface area contributed by atoms with Gasteiger partial charge < -0.3 is 4.90 Å². The highest BCUT2D eigenvalue weighted by molar-refractivity contribution is 9.09. The molecular weight excluding hydrogens is 178 g/mol. The number of hydrogen-bond acceptors (Lipinski definition) is 1. The van der Waals surface area contributed by atoms with E-state index in [2.05, 4.69) is 29.4 Å². The largest absolute Gasteiger partial charge is 0.381 e. The Morgan fingerprint density at radius 1 is 1.67 bits per heavy atom. The Kier molecular flexibility index (Phi) is 3.95. The number of alkyl halides is 1. The summed E-state index contributed by atoms with van der Waals surface area (Å²) in [5.74, 6) is 0. The molecular formula is C7H14BrN. The molecule has 0 aromatic heterocycles. The molecule has 1 nitrogen and oxygen atoms in total. The van der Waals surface area contributed by atoms with Crippen molar-refractivity contribution in [2.75, 3.05) is 14.1 Å². The van der Waals surface area contributed by atoms with Crippen LogP contribution in [-0.2, 0) is 0 Å². The first-order valence-corrected chi connectivity index (χ1v) is 3.94. The molecule has 0 aliphatic rings. The average Bonchev–Trinajstić information content (AvgIpc) is 1.63. The molecule has 9 heavy (non-hydrogen) atoms. The maximum Gasteiger partial charge on any atom is 0.0171 e. The van der Waals surface area contributed by atoms with Gasteiger partial charge in [-0.2, -0.15) is 0 Å². The first-order chi connectivity index (χ1) is 4.04. The second-order valence-electron chi connectivity index (χ2n) is 2.45. The van der Waals surface area contributed by atoms with Crippen LogP contribution in [0.1, 0.15) is 13.3 Å². The maximum atomic E-state index is 3.89. The van der Waals surface area contributed by atoms with Crippen molar-refractivity contribution in [2.24, 2.45) is 0 Å². The molecule has 0 aromatic carbocycles. The minimum absolute atomic E-state index is 0.535. The zero-order valence-corrected chi connectivity index (χ0v) is 7.90. The molecule has 0 aliphatic carbocycles. The standard InChI is InChI=1S/C7H14BrN/c1-6(8)5-7(2)9(3)4/h6H,2,5H2,1,3-4H3. The normalized spacial score (nSPS) is 12.9. The topological polar surface area (TPSA) is 3.24 Å². The van der Waals surface area contributed by atoms with Gasteiger partial charge in [-0.15, -0.1) is 0 Å². The van der Waals surface area contributed by atoms with Crippen LogP contribution in [0.5, 0.6) is 0 Å². The Morgan fingerprint density at radius 2 is 2.11 bits per heavy atom. The fraction of sp³-hybridized carbons (Fsp3) is 0.714. The van der Waals surface area contributed by atoms with Crippen LogP contribution in [0.25, 0.3) is 0 Å². The van der Waals surface area contributed by atoms with Gasteiger partial charge in [-0.05, 0) is 6.42 Å². The van der Waals surface area contributed by atoms with Crippen molar-refractivity contribution >= 4 is 15.9 Å². The minimum atomic E-state index is 0.535. The second-order valence-corrected chi connectivity index (χ2v) is 4.01. The van der Waals surface area contributed by atoms with Crippen molar-refractivity contribution in [2.45, 2.75) is 18.2 Å². The third-order valence-corrected chi connectivity index (χ3v) is 1.47. The Bertz CT molecular complexity index is 97.1. The molecule has 0 radical (unpaired) electrons. The van der Waals surface area contributed by atoms with E-state index in [1.165, 1.54) is 5.70 Å². The van der Waals surface area contributed by atoms with Gasteiger partial charge in [-0.3, -0.25) is 0 Å². The van der Waals surface area contributed by atoms with Crippen LogP contribution >= 0.6 is 15.9 Å². The second kappa shape index (κ2) is 3.94. The molecule has 1 unspecified atom stereocenters. The van der Waals surface area contributed by atoms with E-state index in [4.69, 9.17) is 0 Å². The van der Waals surface area contributed by atoms with E-state index < -0.39 is 0 Å². The summed E-state index contributed by atoms with van der Waals surface area (Å²) in [6.45, 7) is 6.01. The number of nitrogens with zero attached hydrogens (tertiary/aromatic N) is 1. The third kappa shape index (κ3) is 4.52. The van der Waals surface area contributed by atoms with Crippen LogP contribution in [-0.4, -0.2) is 23.8 Å². The monoisotopic (exact) mass is 191 g/mol. The molecule has 54 valence electrons. The SMILES string of the molecule is C=C(CC(C)Br)N(C)C. The molecule has 1 atom stereocenters.